The fourth-order valence-corrected chi connectivity index (χ4v) is 3.39. The number of benzene rings is 2. The Balaban J connectivity index is 1.51. The standard InChI is InChI=1S/C26H34N2O13/c29-27(30)21-2-4-24-25(19-21)40-17-13-36-8-6-33-5-7-34-11-15-38-23-3-1-22(28(31)32)20-26(23)41-18-14-37-10-9-35-12-16-39-24/h1-4,19-20H,5-18H2. The molecule has 0 N–H and O–H groups in total. The third-order valence-electron chi connectivity index (χ3n) is 5.33. The molecule has 1 aliphatic rings. The summed E-state index contributed by atoms with van der Waals surface area (Å²) in [7, 11) is 0. The first kappa shape index (κ1) is 31.8. The van der Waals surface area contributed by atoms with Gasteiger partial charge in [-0.2, -0.15) is 0 Å². The van der Waals surface area contributed by atoms with E-state index in [2.05, 4.69) is 0 Å². The molecular formula is C26H34N2O13. The summed E-state index contributed by atoms with van der Waals surface area (Å²) in [5, 5.41) is 22.3. The first-order valence-electron chi connectivity index (χ1n) is 13.0. The lowest BCUT2D eigenvalue weighted by molar-refractivity contribution is -0.385. The molecule has 0 bridgehead atoms. The molecule has 0 radical (unpaired) electrons. The summed E-state index contributed by atoms with van der Waals surface area (Å²) in [5.74, 6) is 1.16. The first-order valence-corrected chi connectivity index (χ1v) is 13.0. The van der Waals surface area contributed by atoms with E-state index in [4.69, 9.17) is 42.6 Å². The maximum Gasteiger partial charge on any atom is 0.273 e. The molecule has 1 heterocycles. The second kappa shape index (κ2) is 18.6. The Morgan fingerprint density at radius 3 is 0.976 bits per heavy atom. The van der Waals surface area contributed by atoms with Gasteiger partial charge in [0.1, 0.15) is 26.4 Å². The first-order chi connectivity index (χ1) is 20.0. The van der Waals surface area contributed by atoms with E-state index in [1.165, 1.54) is 36.4 Å². The highest BCUT2D eigenvalue weighted by molar-refractivity contribution is 5.49. The zero-order valence-corrected chi connectivity index (χ0v) is 22.6. The van der Waals surface area contributed by atoms with Gasteiger partial charge in [0, 0.05) is 12.1 Å². The average Bonchev–Trinajstić information content (AvgIpc) is 2.96. The van der Waals surface area contributed by atoms with Crippen molar-refractivity contribution >= 4 is 11.4 Å². The Kier molecular flexibility index (Phi) is 14.4. The van der Waals surface area contributed by atoms with Crippen molar-refractivity contribution in [3.05, 3.63) is 56.6 Å². The monoisotopic (exact) mass is 582 g/mol. The topological polar surface area (TPSA) is 169 Å². The lowest BCUT2D eigenvalue weighted by Crippen LogP contribution is -2.14. The van der Waals surface area contributed by atoms with Gasteiger partial charge in [0.15, 0.2) is 23.0 Å². The van der Waals surface area contributed by atoms with Gasteiger partial charge in [-0.25, -0.2) is 0 Å². The lowest BCUT2D eigenvalue weighted by atomic mass is 10.3. The molecule has 0 aromatic heterocycles. The van der Waals surface area contributed by atoms with Crippen molar-refractivity contribution in [1.29, 1.82) is 0 Å². The summed E-state index contributed by atoms with van der Waals surface area (Å²) < 4.78 is 50.1. The van der Waals surface area contributed by atoms with Gasteiger partial charge < -0.3 is 42.6 Å². The van der Waals surface area contributed by atoms with Crippen LogP contribution in [0, 0.1) is 20.2 Å². The Morgan fingerprint density at radius 2 is 0.683 bits per heavy atom. The van der Waals surface area contributed by atoms with Crippen LogP contribution in [0.3, 0.4) is 0 Å². The minimum Gasteiger partial charge on any atom is -0.487 e. The molecule has 2 aromatic rings. The quantitative estimate of drug-likeness (QED) is 0.374. The van der Waals surface area contributed by atoms with Crippen LogP contribution in [0.4, 0.5) is 11.4 Å². The molecule has 1 aliphatic heterocycles. The van der Waals surface area contributed by atoms with Gasteiger partial charge in [-0.15, -0.1) is 0 Å². The van der Waals surface area contributed by atoms with Crippen molar-refractivity contribution in [2.45, 2.75) is 0 Å². The van der Waals surface area contributed by atoms with E-state index in [0.29, 0.717) is 44.5 Å². The third kappa shape index (κ3) is 12.1. The van der Waals surface area contributed by atoms with Crippen LogP contribution in [0.15, 0.2) is 36.4 Å². The summed E-state index contributed by atoms with van der Waals surface area (Å²) >= 11 is 0. The molecule has 0 amide bonds. The number of nitrogens with zero attached hydrogens (tertiary/aromatic N) is 2. The molecule has 0 atom stereocenters. The van der Waals surface area contributed by atoms with Gasteiger partial charge in [0.2, 0.25) is 0 Å². The average molecular weight is 583 g/mol. The lowest BCUT2D eigenvalue weighted by Gasteiger charge is -2.13. The number of rotatable bonds is 2. The number of non-ortho nitro benzene ring substituents is 2. The van der Waals surface area contributed by atoms with Crippen LogP contribution in [-0.4, -0.2) is 102 Å². The molecule has 0 spiro atoms. The number of fused-ring (bicyclic) bond motifs is 2. The fraction of sp³-hybridized carbons (Fsp3) is 0.538. The number of hydrogen-bond donors (Lipinski definition) is 0. The number of ether oxygens (including phenoxy) is 9. The number of nitro benzene ring substituents is 2. The molecular weight excluding hydrogens is 548 g/mol. The van der Waals surface area contributed by atoms with Crippen molar-refractivity contribution in [2.24, 2.45) is 0 Å². The summed E-state index contributed by atoms with van der Waals surface area (Å²) in [5.41, 5.74) is -0.242. The van der Waals surface area contributed by atoms with Crippen LogP contribution in [0.2, 0.25) is 0 Å². The van der Waals surface area contributed by atoms with Gasteiger partial charge in [-0.05, 0) is 12.1 Å². The smallest absolute Gasteiger partial charge is 0.273 e. The minimum atomic E-state index is -0.512. The summed E-state index contributed by atoms with van der Waals surface area (Å²) in [6.07, 6.45) is 0. The largest absolute Gasteiger partial charge is 0.487 e. The van der Waals surface area contributed by atoms with Crippen LogP contribution in [0.1, 0.15) is 0 Å². The van der Waals surface area contributed by atoms with Gasteiger partial charge in [0.05, 0.1) is 88.0 Å². The van der Waals surface area contributed by atoms with Crippen LogP contribution in [0.5, 0.6) is 23.0 Å². The van der Waals surface area contributed by atoms with Crippen molar-refractivity contribution < 1.29 is 52.5 Å². The maximum atomic E-state index is 11.2. The number of nitro groups is 2. The van der Waals surface area contributed by atoms with Crippen molar-refractivity contribution in [2.75, 3.05) is 92.5 Å². The van der Waals surface area contributed by atoms with E-state index in [-0.39, 0.29) is 82.3 Å². The van der Waals surface area contributed by atoms with Crippen molar-refractivity contribution in [1.82, 2.24) is 0 Å². The fourth-order valence-electron chi connectivity index (χ4n) is 3.39. The molecule has 15 nitrogen and oxygen atoms in total. The Morgan fingerprint density at radius 1 is 0.415 bits per heavy atom. The van der Waals surface area contributed by atoms with Crippen molar-refractivity contribution in [3.8, 4) is 23.0 Å². The Bertz CT molecular complexity index is 1090. The van der Waals surface area contributed by atoms with Crippen LogP contribution in [-0.2, 0) is 23.7 Å². The Hall–Kier alpha value is -3.76. The van der Waals surface area contributed by atoms with Crippen LogP contribution < -0.4 is 18.9 Å². The molecule has 2 aromatic carbocycles. The molecule has 0 saturated carbocycles. The second-order valence-corrected chi connectivity index (χ2v) is 8.23. The van der Waals surface area contributed by atoms with E-state index >= 15 is 0 Å². The van der Waals surface area contributed by atoms with E-state index in [9.17, 15) is 20.2 Å². The molecule has 0 fully saturated rings. The molecule has 0 aliphatic carbocycles. The SMILES string of the molecule is O=[N+]([O-])c1ccc2c(c1)OCCOCCOCCOCCOc1ccc([N+](=O)[O-])cc1OCCOCCOCCO2. The second-order valence-electron chi connectivity index (χ2n) is 8.23. The highest BCUT2D eigenvalue weighted by Crippen LogP contribution is 2.32. The van der Waals surface area contributed by atoms with Gasteiger partial charge in [0.25, 0.3) is 11.4 Å². The third-order valence-corrected chi connectivity index (χ3v) is 5.33. The van der Waals surface area contributed by atoms with E-state index in [1.807, 2.05) is 0 Å². The maximum absolute atomic E-state index is 11.2. The van der Waals surface area contributed by atoms with Crippen molar-refractivity contribution in [3.63, 3.8) is 0 Å². The van der Waals surface area contributed by atoms with E-state index < -0.39 is 9.85 Å². The molecule has 15 heteroatoms. The van der Waals surface area contributed by atoms with Crippen LogP contribution >= 0.6 is 0 Å². The van der Waals surface area contributed by atoms with Gasteiger partial charge in [-0.3, -0.25) is 20.2 Å². The summed E-state index contributed by atoms with van der Waals surface area (Å²) in [4.78, 5) is 21.3. The summed E-state index contributed by atoms with van der Waals surface area (Å²) in [6, 6.07) is 8.23. The van der Waals surface area contributed by atoms with E-state index in [0.717, 1.165) is 0 Å². The highest BCUT2D eigenvalue weighted by atomic mass is 16.6. The number of hydrogen-bond acceptors (Lipinski definition) is 13. The molecule has 3 rings (SSSR count). The molecule has 0 unspecified atom stereocenters. The molecule has 226 valence electrons. The minimum absolute atomic E-state index is 0.120. The Labute approximate surface area is 236 Å². The predicted molar refractivity (Wildman–Crippen MR) is 142 cm³/mol. The van der Waals surface area contributed by atoms with Gasteiger partial charge >= 0.3 is 0 Å². The highest BCUT2D eigenvalue weighted by Gasteiger charge is 2.15. The zero-order chi connectivity index (χ0) is 29.1. The predicted octanol–water partition coefficient (Wildman–Crippen LogP) is 2.82. The zero-order valence-electron chi connectivity index (χ0n) is 22.6. The molecule has 0 saturated heterocycles. The summed E-state index contributed by atoms with van der Waals surface area (Å²) in [6.45, 7) is 3.63. The molecule has 41 heavy (non-hydrogen) atoms. The normalized spacial score (nSPS) is 17.6. The van der Waals surface area contributed by atoms with Gasteiger partial charge in [-0.1, -0.05) is 0 Å². The van der Waals surface area contributed by atoms with Crippen LogP contribution in [0.25, 0.3) is 0 Å². The van der Waals surface area contributed by atoms with E-state index in [1.54, 1.807) is 0 Å².